The van der Waals surface area contributed by atoms with E-state index >= 15 is 0 Å². The zero-order chi connectivity index (χ0) is 24.2. The number of phosphoric ester groups is 1. The fourth-order valence-electron chi connectivity index (χ4n) is 3.02. The zero-order valence-electron chi connectivity index (χ0n) is 18.9. The van der Waals surface area contributed by atoms with Crippen LogP contribution in [-0.4, -0.2) is 36.4 Å². The lowest BCUT2D eigenvalue weighted by molar-refractivity contribution is 0.0877. The van der Waals surface area contributed by atoms with Crippen molar-refractivity contribution in [3.63, 3.8) is 0 Å². The van der Waals surface area contributed by atoms with Gasteiger partial charge in [-0.2, -0.15) is 0 Å². The summed E-state index contributed by atoms with van der Waals surface area (Å²) < 4.78 is 35.0. The van der Waals surface area contributed by atoms with Gasteiger partial charge in [-0.25, -0.2) is 9.36 Å². The normalized spacial score (nSPS) is 11.2. The maximum atomic E-state index is 13.3. The van der Waals surface area contributed by atoms with Crippen LogP contribution in [0.2, 0.25) is 0 Å². The molecule has 0 saturated heterocycles. The molecule has 9 heteroatoms. The van der Waals surface area contributed by atoms with Gasteiger partial charge in [0.1, 0.15) is 5.75 Å². The van der Waals surface area contributed by atoms with E-state index in [1.807, 2.05) is 60.7 Å². The van der Waals surface area contributed by atoms with E-state index in [9.17, 15) is 14.5 Å². The highest BCUT2D eigenvalue weighted by molar-refractivity contribution is 7.48. The lowest BCUT2D eigenvalue weighted by Crippen LogP contribution is -2.32. The second-order valence-corrected chi connectivity index (χ2v) is 9.02. The molecule has 34 heavy (non-hydrogen) atoms. The van der Waals surface area contributed by atoms with Crippen LogP contribution in [0.4, 0.5) is 4.79 Å². The van der Waals surface area contributed by atoms with E-state index in [1.54, 1.807) is 31.4 Å². The minimum Gasteiger partial charge on any atom is -0.497 e. The molecule has 0 aliphatic heterocycles. The van der Waals surface area contributed by atoms with Gasteiger partial charge in [-0.05, 0) is 28.8 Å². The van der Waals surface area contributed by atoms with Crippen LogP contribution < -0.4 is 4.74 Å². The third kappa shape index (κ3) is 8.32. The number of benzene rings is 3. The van der Waals surface area contributed by atoms with Gasteiger partial charge in [-0.3, -0.25) is 13.6 Å². The lowest BCUT2D eigenvalue weighted by atomic mass is 10.2. The van der Waals surface area contributed by atoms with E-state index in [4.69, 9.17) is 18.3 Å². The van der Waals surface area contributed by atoms with E-state index in [-0.39, 0.29) is 32.9 Å². The molecule has 1 N–H and O–H groups in total. The molecule has 0 saturated carbocycles. The SMILES string of the molecule is COc1ccc(CN(CCOP(=O)(OCc2ccccc2)OCc2ccccc2)C(=O)O)cc1. The molecule has 0 radical (unpaired) electrons. The van der Waals surface area contributed by atoms with Crippen LogP contribution in [0.1, 0.15) is 16.7 Å². The first kappa shape index (κ1) is 25.5. The van der Waals surface area contributed by atoms with Gasteiger partial charge in [0.2, 0.25) is 0 Å². The molecule has 3 aromatic carbocycles. The molecule has 1 amide bonds. The molecule has 0 spiro atoms. The average molecular weight is 485 g/mol. The summed E-state index contributed by atoms with van der Waals surface area (Å²) in [5, 5.41) is 9.58. The van der Waals surface area contributed by atoms with Crippen molar-refractivity contribution in [2.75, 3.05) is 20.3 Å². The van der Waals surface area contributed by atoms with Crippen molar-refractivity contribution in [1.82, 2.24) is 4.90 Å². The molecule has 0 fully saturated rings. The van der Waals surface area contributed by atoms with Crippen LogP contribution in [-0.2, 0) is 37.9 Å². The number of carboxylic acid groups (broad SMARTS) is 1. The van der Waals surface area contributed by atoms with Crippen LogP contribution in [0, 0.1) is 0 Å². The summed E-state index contributed by atoms with van der Waals surface area (Å²) in [6.45, 7) is 0.0175. The molecule has 0 aromatic heterocycles. The van der Waals surface area contributed by atoms with E-state index in [0.717, 1.165) is 16.7 Å². The minimum atomic E-state index is -3.97. The standard InChI is InChI=1S/C25H28NO7P/c1-30-24-14-12-21(13-15-24)18-26(25(27)28)16-17-31-34(29,32-19-22-8-4-2-5-9-22)33-20-23-10-6-3-7-11-23/h2-15H,16-20H2,1H3,(H,27,28). The third-order valence-electron chi connectivity index (χ3n) is 4.88. The number of methoxy groups -OCH3 is 1. The first-order chi connectivity index (χ1) is 16.5. The monoisotopic (exact) mass is 485 g/mol. The number of rotatable bonds is 13. The molecule has 180 valence electrons. The summed E-state index contributed by atoms with van der Waals surface area (Å²) in [6, 6.07) is 25.6. The first-order valence-electron chi connectivity index (χ1n) is 10.7. The van der Waals surface area contributed by atoms with Gasteiger partial charge in [0.05, 0.1) is 26.9 Å². The van der Waals surface area contributed by atoms with Crippen LogP contribution in [0.3, 0.4) is 0 Å². The highest BCUT2D eigenvalue weighted by atomic mass is 31.2. The molecule has 0 unspecified atom stereocenters. The molecule has 0 heterocycles. The molecule has 0 bridgehead atoms. The van der Waals surface area contributed by atoms with Gasteiger partial charge < -0.3 is 14.7 Å². The van der Waals surface area contributed by atoms with E-state index in [1.165, 1.54) is 4.90 Å². The molecule has 0 atom stereocenters. The van der Waals surface area contributed by atoms with Crippen molar-refractivity contribution in [3.05, 3.63) is 102 Å². The van der Waals surface area contributed by atoms with Crippen LogP contribution in [0.15, 0.2) is 84.9 Å². The van der Waals surface area contributed by atoms with Crippen LogP contribution >= 0.6 is 7.82 Å². The molecule has 0 aliphatic rings. The molecular weight excluding hydrogens is 457 g/mol. The van der Waals surface area contributed by atoms with Crippen molar-refractivity contribution in [1.29, 1.82) is 0 Å². The second-order valence-electron chi connectivity index (χ2n) is 7.35. The number of nitrogens with zero attached hydrogens (tertiary/aromatic N) is 1. The van der Waals surface area contributed by atoms with Gasteiger partial charge >= 0.3 is 13.9 Å². The Balaban J connectivity index is 1.61. The number of hydrogen-bond donors (Lipinski definition) is 1. The number of carbonyl (C=O) groups is 1. The predicted molar refractivity (Wildman–Crippen MR) is 127 cm³/mol. The maximum Gasteiger partial charge on any atom is 0.475 e. The van der Waals surface area contributed by atoms with E-state index in [2.05, 4.69) is 0 Å². The number of hydrogen-bond acceptors (Lipinski definition) is 6. The van der Waals surface area contributed by atoms with Crippen molar-refractivity contribution >= 4 is 13.9 Å². The Labute approximate surface area is 199 Å². The van der Waals surface area contributed by atoms with Gasteiger partial charge in [-0.1, -0.05) is 72.8 Å². The molecular formula is C25H28NO7P. The second kappa shape index (κ2) is 12.9. The summed E-state index contributed by atoms with van der Waals surface area (Å²) in [6.07, 6.45) is -1.12. The summed E-state index contributed by atoms with van der Waals surface area (Å²) in [4.78, 5) is 12.9. The molecule has 0 aliphatic carbocycles. The predicted octanol–water partition coefficient (Wildman–Crippen LogP) is 5.73. The fraction of sp³-hybridized carbons (Fsp3) is 0.240. The summed E-state index contributed by atoms with van der Waals surface area (Å²) in [5.74, 6) is 0.682. The lowest BCUT2D eigenvalue weighted by Gasteiger charge is -2.22. The van der Waals surface area contributed by atoms with Gasteiger partial charge in [-0.15, -0.1) is 0 Å². The van der Waals surface area contributed by atoms with Gasteiger partial charge in [0, 0.05) is 13.1 Å². The van der Waals surface area contributed by atoms with Crippen molar-refractivity contribution in [2.45, 2.75) is 19.8 Å². The Hall–Kier alpha value is -3.16. The smallest absolute Gasteiger partial charge is 0.475 e. The maximum absolute atomic E-state index is 13.3. The minimum absolute atomic E-state index is 0.0191. The third-order valence-corrected chi connectivity index (χ3v) is 6.27. The van der Waals surface area contributed by atoms with Gasteiger partial charge in [0.15, 0.2) is 0 Å². The van der Waals surface area contributed by atoms with E-state index < -0.39 is 13.9 Å². The summed E-state index contributed by atoms with van der Waals surface area (Å²) >= 11 is 0. The number of ether oxygens (including phenoxy) is 1. The van der Waals surface area contributed by atoms with Crippen molar-refractivity contribution in [2.24, 2.45) is 0 Å². The first-order valence-corrected chi connectivity index (χ1v) is 12.2. The average Bonchev–Trinajstić information content (AvgIpc) is 2.87. The van der Waals surface area contributed by atoms with Gasteiger partial charge in [0.25, 0.3) is 0 Å². The largest absolute Gasteiger partial charge is 0.497 e. The highest BCUT2D eigenvalue weighted by Gasteiger charge is 2.28. The number of amides is 1. The van der Waals surface area contributed by atoms with Crippen LogP contribution in [0.25, 0.3) is 0 Å². The number of phosphoric acid groups is 1. The van der Waals surface area contributed by atoms with Crippen LogP contribution in [0.5, 0.6) is 5.75 Å². The van der Waals surface area contributed by atoms with E-state index in [0.29, 0.717) is 5.75 Å². The topological polar surface area (TPSA) is 94.5 Å². The Kier molecular flexibility index (Phi) is 9.67. The Bertz CT molecular complexity index is 1010. The summed E-state index contributed by atoms with van der Waals surface area (Å²) in [5.41, 5.74) is 2.40. The Morgan fingerprint density at radius 1 is 0.794 bits per heavy atom. The Morgan fingerprint density at radius 3 is 1.79 bits per heavy atom. The van der Waals surface area contributed by atoms with Crippen molar-refractivity contribution in [3.8, 4) is 5.75 Å². The Morgan fingerprint density at radius 2 is 1.32 bits per heavy atom. The highest BCUT2D eigenvalue weighted by Crippen LogP contribution is 2.50. The zero-order valence-corrected chi connectivity index (χ0v) is 19.8. The summed E-state index contributed by atoms with van der Waals surface area (Å²) in [7, 11) is -2.40. The van der Waals surface area contributed by atoms with Crippen molar-refractivity contribution < 1.29 is 32.8 Å². The molecule has 3 aromatic rings. The molecule has 3 rings (SSSR count). The fourth-order valence-corrected chi connectivity index (χ4v) is 4.17. The molecule has 8 nitrogen and oxygen atoms in total. The quantitative estimate of drug-likeness (QED) is 0.309.